The number of rotatable bonds is 5. The molecule has 1 aliphatic heterocycles. The van der Waals surface area contributed by atoms with Crippen molar-refractivity contribution < 1.29 is 14.7 Å². The molecule has 0 aliphatic carbocycles. The fourth-order valence-electron chi connectivity index (χ4n) is 1.84. The molecule has 0 aromatic rings. The van der Waals surface area contributed by atoms with Gasteiger partial charge in [-0.2, -0.15) is 0 Å². The summed E-state index contributed by atoms with van der Waals surface area (Å²) in [5.41, 5.74) is 0. The minimum atomic E-state index is -0.764. The maximum absolute atomic E-state index is 12.0. The van der Waals surface area contributed by atoms with E-state index in [1.807, 2.05) is 4.90 Å². The Bertz CT molecular complexity index is 320. The molecular weight excluding hydrogens is 264 g/mol. The highest BCUT2D eigenvalue weighted by Crippen LogP contribution is 2.23. The summed E-state index contributed by atoms with van der Waals surface area (Å²) in [6.45, 7) is 9.87. The second-order valence-corrected chi connectivity index (χ2v) is 7.57. The van der Waals surface area contributed by atoms with Crippen LogP contribution in [0.4, 0.5) is 0 Å². The SMILES string of the molecule is CC(C)(C)SCC(=O)N1CCN(CCC(=O)O)CC1. The van der Waals surface area contributed by atoms with Crippen molar-refractivity contribution in [1.29, 1.82) is 0 Å². The van der Waals surface area contributed by atoms with Crippen LogP contribution in [-0.2, 0) is 9.59 Å². The molecule has 1 rings (SSSR count). The highest BCUT2D eigenvalue weighted by atomic mass is 32.2. The number of carbonyl (C=O) groups is 2. The molecule has 0 atom stereocenters. The number of hydrogen-bond acceptors (Lipinski definition) is 4. The number of nitrogens with zero attached hydrogens (tertiary/aromatic N) is 2. The van der Waals surface area contributed by atoms with E-state index in [1.54, 1.807) is 11.8 Å². The Kier molecular flexibility index (Phi) is 6.13. The summed E-state index contributed by atoms with van der Waals surface area (Å²) in [5.74, 6) is -0.0450. The first-order chi connectivity index (χ1) is 8.78. The van der Waals surface area contributed by atoms with E-state index in [0.717, 1.165) is 13.1 Å². The zero-order chi connectivity index (χ0) is 14.5. The minimum Gasteiger partial charge on any atom is -0.481 e. The molecule has 0 saturated carbocycles. The van der Waals surface area contributed by atoms with Crippen molar-refractivity contribution in [1.82, 2.24) is 9.80 Å². The van der Waals surface area contributed by atoms with Gasteiger partial charge in [0.25, 0.3) is 0 Å². The molecule has 1 heterocycles. The molecule has 0 bridgehead atoms. The second-order valence-electron chi connectivity index (χ2n) is 5.77. The molecule has 6 heteroatoms. The van der Waals surface area contributed by atoms with Crippen molar-refractivity contribution in [3.05, 3.63) is 0 Å². The lowest BCUT2D eigenvalue weighted by Crippen LogP contribution is -2.49. The van der Waals surface area contributed by atoms with Gasteiger partial charge < -0.3 is 10.0 Å². The predicted molar refractivity (Wildman–Crippen MR) is 77.5 cm³/mol. The zero-order valence-corrected chi connectivity index (χ0v) is 12.8. The number of carbonyl (C=O) groups excluding carboxylic acids is 1. The maximum atomic E-state index is 12.0. The first-order valence-corrected chi connectivity index (χ1v) is 7.62. The Labute approximate surface area is 119 Å². The molecule has 1 N–H and O–H groups in total. The van der Waals surface area contributed by atoms with Crippen molar-refractivity contribution in [2.45, 2.75) is 31.9 Å². The molecule has 1 fully saturated rings. The van der Waals surface area contributed by atoms with Crippen LogP contribution in [0.2, 0.25) is 0 Å². The first-order valence-electron chi connectivity index (χ1n) is 6.64. The zero-order valence-electron chi connectivity index (χ0n) is 12.0. The van der Waals surface area contributed by atoms with Crippen LogP contribution in [0.25, 0.3) is 0 Å². The van der Waals surface area contributed by atoms with Crippen LogP contribution < -0.4 is 0 Å². The Hall–Kier alpha value is -0.750. The highest BCUT2D eigenvalue weighted by molar-refractivity contribution is 8.01. The summed E-state index contributed by atoms with van der Waals surface area (Å²) in [4.78, 5) is 26.5. The van der Waals surface area contributed by atoms with Gasteiger partial charge >= 0.3 is 5.97 Å². The van der Waals surface area contributed by atoms with E-state index in [-0.39, 0.29) is 17.1 Å². The highest BCUT2D eigenvalue weighted by Gasteiger charge is 2.22. The molecular formula is C13H24N2O3S. The van der Waals surface area contributed by atoms with Crippen molar-refractivity contribution in [2.75, 3.05) is 38.5 Å². The summed E-state index contributed by atoms with van der Waals surface area (Å²) in [5, 5.41) is 8.64. The van der Waals surface area contributed by atoms with E-state index in [1.165, 1.54) is 0 Å². The first kappa shape index (κ1) is 16.3. The predicted octanol–water partition coefficient (Wildman–Crippen LogP) is 1.14. The topological polar surface area (TPSA) is 60.9 Å². The number of piperazine rings is 1. The lowest BCUT2D eigenvalue weighted by molar-refractivity contribution is -0.138. The number of amides is 1. The maximum Gasteiger partial charge on any atom is 0.304 e. The van der Waals surface area contributed by atoms with E-state index in [9.17, 15) is 9.59 Å². The molecule has 5 nitrogen and oxygen atoms in total. The van der Waals surface area contributed by atoms with Crippen LogP contribution in [-0.4, -0.2) is 70.0 Å². The molecule has 1 saturated heterocycles. The number of carboxylic acid groups (broad SMARTS) is 1. The smallest absolute Gasteiger partial charge is 0.304 e. The van der Waals surface area contributed by atoms with Gasteiger partial charge in [0.15, 0.2) is 0 Å². The van der Waals surface area contributed by atoms with Crippen molar-refractivity contribution in [2.24, 2.45) is 0 Å². The summed E-state index contributed by atoms with van der Waals surface area (Å²) >= 11 is 1.67. The van der Waals surface area contributed by atoms with Crippen LogP contribution in [0, 0.1) is 0 Å². The van der Waals surface area contributed by atoms with Crippen LogP contribution in [0.3, 0.4) is 0 Å². The summed E-state index contributed by atoms with van der Waals surface area (Å²) < 4.78 is 0.110. The van der Waals surface area contributed by atoms with Crippen LogP contribution in [0.15, 0.2) is 0 Å². The van der Waals surface area contributed by atoms with Gasteiger partial charge in [0.1, 0.15) is 0 Å². The third kappa shape index (κ3) is 6.82. The molecule has 0 spiro atoms. The van der Waals surface area contributed by atoms with E-state index in [2.05, 4.69) is 25.7 Å². The van der Waals surface area contributed by atoms with E-state index < -0.39 is 5.97 Å². The fourth-order valence-corrected chi connectivity index (χ4v) is 2.58. The van der Waals surface area contributed by atoms with Gasteiger partial charge in [-0.1, -0.05) is 20.8 Å². The second kappa shape index (κ2) is 7.14. The van der Waals surface area contributed by atoms with E-state index in [0.29, 0.717) is 25.4 Å². The standard InChI is InChI=1S/C13H24N2O3S/c1-13(2,3)19-10-11(16)15-8-6-14(7-9-15)5-4-12(17)18/h4-10H2,1-3H3,(H,17,18). The van der Waals surface area contributed by atoms with Gasteiger partial charge in [0, 0.05) is 37.5 Å². The molecule has 0 aromatic heterocycles. The number of carboxylic acids is 1. The van der Waals surface area contributed by atoms with E-state index >= 15 is 0 Å². The van der Waals surface area contributed by atoms with Crippen molar-refractivity contribution >= 4 is 23.6 Å². The largest absolute Gasteiger partial charge is 0.481 e. The molecule has 1 amide bonds. The van der Waals surface area contributed by atoms with Gasteiger partial charge in [-0.3, -0.25) is 14.5 Å². The molecule has 1 aliphatic rings. The summed E-state index contributed by atoms with van der Waals surface area (Å²) in [6, 6.07) is 0. The van der Waals surface area contributed by atoms with Crippen LogP contribution >= 0.6 is 11.8 Å². The van der Waals surface area contributed by atoms with Crippen molar-refractivity contribution in [3.63, 3.8) is 0 Å². The van der Waals surface area contributed by atoms with Crippen molar-refractivity contribution in [3.8, 4) is 0 Å². The summed E-state index contributed by atoms with van der Waals surface area (Å²) in [7, 11) is 0. The van der Waals surface area contributed by atoms with E-state index in [4.69, 9.17) is 5.11 Å². The normalized spacial score (nSPS) is 17.5. The molecule has 19 heavy (non-hydrogen) atoms. The quantitative estimate of drug-likeness (QED) is 0.822. The third-order valence-corrected chi connectivity index (χ3v) is 4.25. The molecule has 0 radical (unpaired) electrons. The Morgan fingerprint density at radius 1 is 1.16 bits per heavy atom. The van der Waals surface area contributed by atoms with Gasteiger partial charge in [-0.05, 0) is 0 Å². The number of aliphatic carboxylic acids is 1. The fraction of sp³-hybridized carbons (Fsp3) is 0.846. The van der Waals surface area contributed by atoms with Crippen LogP contribution in [0.1, 0.15) is 27.2 Å². The number of hydrogen-bond donors (Lipinski definition) is 1. The summed E-state index contributed by atoms with van der Waals surface area (Å²) in [6.07, 6.45) is 0.174. The Balaban J connectivity index is 2.25. The minimum absolute atomic E-state index is 0.110. The molecule has 0 unspecified atom stereocenters. The average molecular weight is 288 g/mol. The Morgan fingerprint density at radius 3 is 2.21 bits per heavy atom. The molecule has 110 valence electrons. The molecule has 0 aromatic carbocycles. The van der Waals surface area contributed by atoms with Gasteiger partial charge in [-0.15, -0.1) is 11.8 Å². The Morgan fingerprint density at radius 2 is 1.74 bits per heavy atom. The third-order valence-electron chi connectivity index (χ3n) is 3.00. The lowest BCUT2D eigenvalue weighted by atomic mass is 10.3. The van der Waals surface area contributed by atoms with Gasteiger partial charge in [0.2, 0.25) is 5.91 Å². The number of thioether (sulfide) groups is 1. The van der Waals surface area contributed by atoms with Gasteiger partial charge in [0.05, 0.1) is 12.2 Å². The monoisotopic (exact) mass is 288 g/mol. The lowest BCUT2D eigenvalue weighted by Gasteiger charge is -2.34. The average Bonchev–Trinajstić information content (AvgIpc) is 2.33. The van der Waals surface area contributed by atoms with Gasteiger partial charge in [-0.25, -0.2) is 0 Å². The van der Waals surface area contributed by atoms with Crippen LogP contribution in [0.5, 0.6) is 0 Å².